The van der Waals surface area contributed by atoms with Gasteiger partial charge in [-0.05, 0) is 47.0 Å². The molecule has 0 aliphatic rings. The second-order valence-electron chi connectivity index (χ2n) is 6.23. The average molecular weight is 316 g/mol. The van der Waals surface area contributed by atoms with Crippen molar-refractivity contribution in [2.45, 2.75) is 32.7 Å². The minimum absolute atomic E-state index is 0.0379. The van der Waals surface area contributed by atoms with Gasteiger partial charge in [-0.15, -0.1) is 0 Å². The van der Waals surface area contributed by atoms with Crippen molar-refractivity contribution in [3.05, 3.63) is 65.5 Å². The number of halogens is 1. The fraction of sp³-hybridized carbons (Fsp3) is 0.278. The van der Waals surface area contributed by atoms with E-state index in [-0.39, 0.29) is 11.2 Å². The zero-order valence-corrected chi connectivity index (χ0v) is 13.9. The molecule has 0 amide bonds. The molecule has 0 saturated carbocycles. The van der Waals surface area contributed by atoms with E-state index in [2.05, 4.69) is 37.5 Å². The summed E-state index contributed by atoms with van der Waals surface area (Å²) >= 11 is 5.35. The highest BCUT2D eigenvalue weighted by molar-refractivity contribution is 7.80. The number of thiocarbonyl (C=S) groups is 1. The van der Waals surface area contributed by atoms with Gasteiger partial charge in [-0.25, -0.2) is 4.39 Å². The topological polar surface area (TPSA) is 24.1 Å². The molecule has 0 aromatic heterocycles. The summed E-state index contributed by atoms with van der Waals surface area (Å²) < 4.78 is 12.9. The van der Waals surface area contributed by atoms with Gasteiger partial charge in [-0.2, -0.15) is 0 Å². The van der Waals surface area contributed by atoms with Crippen LogP contribution in [0.1, 0.15) is 31.9 Å². The first-order chi connectivity index (χ1) is 10.4. The van der Waals surface area contributed by atoms with E-state index >= 15 is 0 Å². The van der Waals surface area contributed by atoms with Gasteiger partial charge in [0.1, 0.15) is 5.82 Å². The molecule has 0 spiro atoms. The minimum atomic E-state index is -0.233. The Morgan fingerprint density at radius 3 is 2.32 bits per heavy atom. The van der Waals surface area contributed by atoms with Gasteiger partial charge >= 0.3 is 0 Å². The Morgan fingerprint density at radius 2 is 1.68 bits per heavy atom. The molecule has 0 fully saturated rings. The Kier molecular flexibility index (Phi) is 5.14. The van der Waals surface area contributed by atoms with Crippen molar-refractivity contribution in [2.75, 3.05) is 5.32 Å². The average Bonchev–Trinajstić information content (AvgIpc) is 2.46. The summed E-state index contributed by atoms with van der Waals surface area (Å²) in [5.41, 5.74) is 3.23. The summed E-state index contributed by atoms with van der Waals surface area (Å²) in [6.45, 7) is 7.07. The van der Waals surface area contributed by atoms with Crippen molar-refractivity contribution in [1.82, 2.24) is 5.32 Å². The zero-order valence-electron chi connectivity index (χ0n) is 13.1. The molecule has 0 heterocycles. The van der Waals surface area contributed by atoms with Crippen LogP contribution in [0, 0.1) is 5.82 Å². The van der Waals surface area contributed by atoms with Gasteiger partial charge in [0, 0.05) is 12.2 Å². The normalized spacial score (nSPS) is 11.1. The molecule has 0 unspecified atom stereocenters. The molecule has 2 nitrogen and oxygen atoms in total. The summed E-state index contributed by atoms with van der Waals surface area (Å²) in [6, 6.07) is 14.5. The highest BCUT2D eigenvalue weighted by Crippen LogP contribution is 2.29. The lowest BCUT2D eigenvalue weighted by Gasteiger charge is -2.23. The lowest BCUT2D eigenvalue weighted by molar-refractivity contribution is 0.592. The summed E-state index contributed by atoms with van der Waals surface area (Å²) in [5, 5.41) is 6.94. The zero-order chi connectivity index (χ0) is 16.2. The molecule has 0 saturated heterocycles. The maximum absolute atomic E-state index is 12.9. The van der Waals surface area contributed by atoms with Gasteiger partial charge in [-0.3, -0.25) is 0 Å². The molecule has 2 N–H and O–H groups in total. The number of benzene rings is 2. The second kappa shape index (κ2) is 6.88. The smallest absolute Gasteiger partial charge is 0.171 e. The Bertz CT molecular complexity index is 645. The molecular weight excluding hydrogens is 295 g/mol. The number of anilines is 1. The van der Waals surface area contributed by atoms with E-state index in [1.165, 1.54) is 17.7 Å². The van der Waals surface area contributed by atoms with Gasteiger partial charge in [-0.1, -0.05) is 51.1 Å². The maximum Gasteiger partial charge on any atom is 0.171 e. The largest absolute Gasteiger partial charge is 0.358 e. The lowest BCUT2D eigenvalue weighted by Crippen LogP contribution is -2.29. The standard InChI is InChI=1S/C18H21FN2S/c1-18(2,3)15-6-4-5-7-16(15)21-17(22)20-12-13-8-10-14(19)11-9-13/h4-11H,12H2,1-3H3,(H2,20,21,22). The molecule has 22 heavy (non-hydrogen) atoms. The number of hydrogen-bond acceptors (Lipinski definition) is 1. The lowest BCUT2D eigenvalue weighted by atomic mass is 9.86. The van der Waals surface area contributed by atoms with Crippen molar-refractivity contribution in [2.24, 2.45) is 0 Å². The minimum Gasteiger partial charge on any atom is -0.358 e. The van der Waals surface area contributed by atoms with E-state index in [0.717, 1.165) is 11.3 Å². The number of hydrogen-bond donors (Lipinski definition) is 2. The van der Waals surface area contributed by atoms with Crippen LogP contribution in [-0.2, 0) is 12.0 Å². The van der Waals surface area contributed by atoms with Crippen LogP contribution in [0.15, 0.2) is 48.5 Å². The fourth-order valence-electron chi connectivity index (χ4n) is 2.20. The van der Waals surface area contributed by atoms with Crippen molar-refractivity contribution in [3.8, 4) is 0 Å². The van der Waals surface area contributed by atoms with Crippen molar-refractivity contribution >= 4 is 23.0 Å². The van der Waals surface area contributed by atoms with Gasteiger partial charge < -0.3 is 10.6 Å². The van der Waals surface area contributed by atoms with Gasteiger partial charge in [0.25, 0.3) is 0 Å². The highest BCUT2D eigenvalue weighted by Gasteiger charge is 2.17. The predicted molar refractivity (Wildman–Crippen MR) is 94.6 cm³/mol. The summed E-state index contributed by atoms with van der Waals surface area (Å²) in [7, 11) is 0. The Labute approximate surface area is 136 Å². The molecule has 0 atom stereocenters. The third-order valence-corrected chi connectivity index (χ3v) is 3.60. The molecule has 0 aliphatic heterocycles. The first-order valence-corrected chi connectivity index (χ1v) is 7.66. The van der Waals surface area contributed by atoms with E-state index < -0.39 is 0 Å². The van der Waals surface area contributed by atoms with Crippen molar-refractivity contribution in [3.63, 3.8) is 0 Å². The third kappa shape index (κ3) is 4.53. The molecule has 116 valence electrons. The van der Waals surface area contributed by atoms with Crippen LogP contribution in [0.4, 0.5) is 10.1 Å². The van der Waals surface area contributed by atoms with E-state index in [9.17, 15) is 4.39 Å². The number of nitrogens with one attached hydrogen (secondary N) is 2. The van der Waals surface area contributed by atoms with Gasteiger partial charge in [0.05, 0.1) is 0 Å². The summed E-state index contributed by atoms with van der Waals surface area (Å²) in [4.78, 5) is 0. The van der Waals surface area contributed by atoms with Crippen LogP contribution in [0.3, 0.4) is 0 Å². The van der Waals surface area contributed by atoms with Crippen molar-refractivity contribution in [1.29, 1.82) is 0 Å². The van der Waals surface area contributed by atoms with Gasteiger partial charge in [0.15, 0.2) is 5.11 Å². The Morgan fingerprint density at radius 1 is 1.05 bits per heavy atom. The van der Waals surface area contributed by atoms with Crippen LogP contribution < -0.4 is 10.6 Å². The maximum atomic E-state index is 12.9. The quantitative estimate of drug-likeness (QED) is 0.809. The second-order valence-corrected chi connectivity index (χ2v) is 6.64. The molecule has 0 radical (unpaired) electrons. The Balaban J connectivity index is 1.99. The first-order valence-electron chi connectivity index (χ1n) is 7.25. The van der Waals surface area contributed by atoms with Crippen LogP contribution in [-0.4, -0.2) is 5.11 Å². The molecule has 2 rings (SSSR count). The molecular formula is C18H21FN2S. The molecule has 2 aromatic rings. The summed E-state index contributed by atoms with van der Waals surface area (Å²) in [6.07, 6.45) is 0. The third-order valence-electron chi connectivity index (χ3n) is 3.35. The monoisotopic (exact) mass is 316 g/mol. The van der Waals surface area contributed by atoms with Crippen molar-refractivity contribution < 1.29 is 4.39 Å². The highest BCUT2D eigenvalue weighted by atomic mass is 32.1. The molecule has 0 bridgehead atoms. The predicted octanol–water partition coefficient (Wildman–Crippen LogP) is 4.61. The van der Waals surface area contributed by atoms with E-state index in [1.54, 1.807) is 12.1 Å². The van der Waals surface area contributed by atoms with Crippen LogP contribution >= 0.6 is 12.2 Å². The van der Waals surface area contributed by atoms with Crippen LogP contribution in [0.5, 0.6) is 0 Å². The molecule has 2 aromatic carbocycles. The first kappa shape index (κ1) is 16.4. The van der Waals surface area contributed by atoms with Crippen LogP contribution in [0.2, 0.25) is 0 Å². The molecule has 4 heteroatoms. The van der Waals surface area contributed by atoms with E-state index in [0.29, 0.717) is 11.7 Å². The number of para-hydroxylation sites is 1. The van der Waals surface area contributed by atoms with E-state index in [4.69, 9.17) is 12.2 Å². The SMILES string of the molecule is CC(C)(C)c1ccccc1NC(=S)NCc1ccc(F)cc1. The van der Waals surface area contributed by atoms with Crippen LogP contribution in [0.25, 0.3) is 0 Å². The fourth-order valence-corrected chi connectivity index (χ4v) is 2.38. The number of rotatable bonds is 3. The molecule has 0 aliphatic carbocycles. The summed E-state index contributed by atoms with van der Waals surface area (Å²) in [5.74, 6) is -0.233. The van der Waals surface area contributed by atoms with Gasteiger partial charge in [0.2, 0.25) is 0 Å². The van der Waals surface area contributed by atoms with E-state index in [1.807, 2.05) is 18.2 Å². The Hall–Kier alpha value is -1.94.